The van der Waals surface area contributed by atoms with Crippen LogP contribution in [0.4, 0.5) is 5.69 Å². The molecule has 0 amide bonds. The molecule has 0 atom stereocenters. The molecule has 1 N–H and O–H groups in total. The summed E-state index contributed by atoms with van der Waals surface area (Å²) >= 11 is 0. The number of hydrogen-bond donors (Lipinski definition) is 1. The van der Waals surface area contributed by atoms with Gasteiger partial charge in [-0.1, -0.05) is 18.2 Å². The molecule has 0 saturated carbocycles. The highest BCUT2D eigenvalue weighted by molar-refractivity contribution is 7.91. The highest BCUT2D eigenvalue weighted by Gasteiger charge is 2.16. The van der Waals surface area contributed by atoms with Gasteiger partial charge in [-0.15, -0.1) is 0 Å². The van der Waals surface area contributed by atoms with Crippen LogP contribution in [0.2, 0.25) is 0 Å². The van der Waals surface area contributed by atoms with Gasteiger partial charge in [-0.05, 0) is 48.7 Å². The summed E-state index contributed by atoms with van der Waals surface area (Å²) in [6, 6.07) is 13.5. The number of anilines is 1. The average molecular weight is 397 g/mol. The topological polar surface area (TPSA) is 83.6 Å². The number of benzene rings is 2. The van der Waals surface area contributed by atoms with E-state index >= 15 is 0 Å². The molecule has 142 valence electrons. The normalized spacial score (nSPS) is 12.1. The van der Waals surface area contributed by atoms with E-state index in [0.29, 0.717) is 6.42 Å². The fourth-order valence-corrected chi connectivity index (χ4v) is 4.28. The smallest absolute Gasteiger partial charge is 0.240 e. The van der Waals surface area contributed by atoms with Gasteiger partial charge in [0.2, 0.25) is 10.0 Å². The van der Waals surface area contributed by atoms with Gasteiger partial charge in [0, 0.05) is 32.6 Å². The van der Waals surface area contributed by atoms with E-state index in [9.17, 15) is 16.8 Å². The Hall–Kier alpha value is -1.90. The monoisotopic (exact) mass is 396 g/mol. The van der Waals surface area contributed by atoms with E-state index in [1.165, 1.54) is 24.3 Å². The maximum atomic E-state index is 12.3. The Morgan fingerprint density at radius 2 is 1.54 bits per heavy atom. The van der Waals surface area contributed by atoms with E-state index in [-0.39, 0.29) is 16.3 Å². The summed E-state index contributed by atoms with van der Waals surface area (Å²) in [6.45, 7) is 0.279. The molecule has 2 aromatic rings. The lowest BCUT2D eigenvalue weighted by Crippen LogP contribution is -2.25. The third-order valence-electron chi connectivity index (χ3n) is 3.93. The second kappa shape index (κ2) is 8.20. The minimum Gasteiger partial charge on any atom is -0.378 e. The van der Waals surface area contributed by atoms with Crippen LogP contribution in [0.1, 0.15) is 12.0 Å². The fraction of sp³-hybridized carbons (Fsp3) is 0.333. The first-order chi connectivity index (χ1) is 12.1. The van der Waals surface area contributed by atoms with Crippen molar-refractivity contribution in [1.29, 1.82) is 0 Å². The zero-order chi connectivity index (χ0) is 19.4. The summed E-state index contributed by atoms with van der Waals surface area (Å²) in [7, 11) is -3.24. The first-order valence-electron chi connectivity index (χ1n) is 8.16. The van der Waals surface area contributed by atoms with Crippen LogP contribution in [-0.2, 0) is 26.3 Å². The van der Waals surface area contributed by atoms with Gasteiger partial charge in [0.15, 0.2) is 9.84 Å². The number of sulfonamides is 1. The van der Waals surface area contributed by atoms with Gasteiger partial charge in [-0.2, -0.15) is 0 Å². The quantitative estimate of drug-likeness (QED) is 0.691. The van der Waals surface area contributed by atoms with E-state index in [2.05, 4.69) is 4.72 Å². The number of hydrogen-bond acceptors (Lipinski definition) is 5. The molecule has 0 aromatic heterocycles. The zero-order valence-electron chi connectivity index (χ0n) is 15.1. The molecule has 2 aromatic carbocycles. The van der Waals surface area contributed by atoms with Crippen molar-refractivity contribution in [2.24, 2.45) is 0 Å². The van der Waals surface area contributed by atoms with E-state index < -0.39 is 19.9 Å². The predicted molar refractivity (Wildman–Crippen MR) is 104 cm³/mol. The summed E-state index contributed by atoms with van der Waals surface area (Å²) in [6.07, 6.45) is 2.44. The first-order valence-corrected chi connectivity index (χ1v) is 11.5. The second-order valence-corrected chi connectivity index (χ2v) is 10.1. The number of aryl methyl sites for hydroxylation is 1. The maximum absolute atomic E-state index is 12.3. The molecule has 0 unspecified atom stereocenters. The van der Waals surface area contributed by atoms with Crippen LogP contribution in [0.5, 0.6) is 0 Å². The molecule has 26 heavy (non-hydrogen) atoms. The summed E-state index contributed by atoms with van der Waals surface area (Å²) in [5.74, 6) is 0. The van der Waals surface area contributed by atoms with Crippen molar-refractivity contribution in [3.05, 3.63) is 54.1 Å². The fourth-order valence-electron chi connectivity index (χ4n) is 2.42. The second-order valence-electron chi connectivity index (χ2n) is 6.31. The molecule has 0 spiro atoms. The Kier molecular flexibility index (Phi) is 6.44. The van der Waals surface area contributed by atoms with Crippen molar-refractivity contribution in [2.75, 3.05) is 31.8 Å². The number of nitrogens with zero attached hydrogens (tertiary/aromatic N) is 1. The van der Waals surface area contributed by atoms with Crippen molar-refractivity contribution in [3.63, 3.8) is 0 Å². The van der Waals surface area contributed by atoms with Crippen LogP contribution in [-0.4, -0.2) is 43.7 Å². The molecular formula is C18H24N2O4S2. The van der Waals surface area contributed by atoms with Crippen molar-refractivity contribution in [1.82, 2.24) is 4.72 Å². The standard InChI is InChI=1S/C18H24N2O4S2/c1-20(2)16-11-9-15(10-12-16)6-5-13-19-26(23,24)18-8-4-7-17(14-18)25(3,21)22/h4,7-12,14,19H,5-6,13H2,1-3H3. The molecule has 0 heterocycles. The van der Waals surface area contributed by atoms with Gasteiger partial charge in [0.05, 0.1) is 9.79 Å². The lowest BCUT2D eigenvalue weighted by atomic mass is 10.1. The van der Waals surface area contributed by atoms with Crippen molar-refractivity contribution in [2.45, 2.75) is 22.6 Å². The van der Waals surface area contributed by atoms with Crippen LogP contribution in [0.3, 0.4) is 0 Å². The van der Waals surface area contributed by atoms with Crippen LogP contribution in [0.15, 0.2) is 58.3 Å². The largest absolute Gasteiger partial charge is 0.378 e. The van der Waals surface area contributed by atoms with Gasteiger partial charge in [0.1, 0.15) is 0 Å². The van der Waals surface area contributed by atoms with Gasteiger partial charge >= 0.3 is 0 Å². The lowest BCUT2D eigenvalue weighted by Gasteiger charge is -2.12. The molecule has 0 aliphatic carbocycles. The summed E-state index contributed by atoms with van der Waals surface area (Å²) in [4.78, 5) is 1.96. The van der Waals surface area contributed by atoms with Gasteiger partial charge < -0.3 is 4.90 Å². The Morgan fingerprint density at radius 1 is 0.923 bits per heavy atom. The average Bonchev–Trinajstić information content (AvgIpc) is 2.58. The Labute approximate surface area is 155 Å². The first kappa shape index (κ1) is 20.4. The van der Waals surface area contributed by atoms with Crippen LogP contribution < -0.4 is 9.62 Å². The summed E-state index contributed by atoms with van der Waals surface area (Å²) < 4.78 is 50.3. The van der Waals surface area contributed by atoms with Gasteiger partial charge in [-0.3, -0.25) is 0 Å². The van der Waals surface area contributed by atoms with E-state index in [1.807, 2.05) is 43.3 Å². The number of rotatable bonds is 8. The molecule has 6 nitrogen and oxygen atoms in total. The molecule has 0 saturated heterocycles. The molecule has 2 rings (SSSR count). The van der Waals surface area contributed by atoms with E-state index in [1.54, 1.807) is 0 Å². The predicted octanol–water partition coefficient (Wildman–Crippen LogP) is 2.07. The summed E-state index contributed by atoms with van der Waals surface area (Å²) in [5, 5.41) is 0. The van der Waals surface area contributed by atoms with Gasteiger partial charge in [-0.25, -0.2) is 21.6 Å². The third-order valence-corrected chi connectivity index (χ3v) is 6.50. The summed E-state index contributed by atoms with van der Waals surface area (Å²) in [5.41, 5.74) is 2.24. The van der Waals surface area contributed by atoms with E-state index in [4.69, 9.17) is 0 Å². The Bertz CT molecular complexity index is 951. The highest BCUT2D eigenvalue weighted by atomic mass is 32.2. The third kappa shape index (κ3) is 5.55. The molecule has 0 bridgehead atoms. The SMILES string of the molecule is CN(C)c1ccc(CCCNS(=O)(=O)c2cccc(S(C)(=O)=O)c2)cc1. The lowest BCUT2D eigenvalue weighted by molar-refractivity contribution is 0.578. The molecule has 0 fully saturated rings. The zero-order valence-corrected chi connectivity index (χ0v) is 16.8. The molecule has 0 aliphatic rings. The van der Waals surface area contributed by atoms with Gasteiger partial charge in [0.25, 0.3) is 0 Å². The van der Waals surface area contributed by atoms with E-state index in [0.717, 1.165) is 23.9 Å². The van der Waals surface area contributed by atoms with Crippen LogP contribution in [0, 0.1) is 0 Å². The van der Waals surface area contributed by atoms with Crippen molar-refractivity contribution < 1.29 is 16.8 Å². The number of nitrogens with one attached hydrogen (secondary N) is 1. The molecule has 0 aliphatic heterocycles. The Morgan fingerprint density at radius 3 is 2.12 bits per heavy atom. The maximum Gasteiger partial charge on any atom is 0.240 e. The highest BCUT2D eigenvalue weighted by Crippen LogP contribution is 2.16. The molecule has 8 heteroatoms. The minimum atomic E-state index is -3.74. The van der Waals surface area contributed by atoms with Crippen molar-refractivity contribution >= 4 is 25.5 Å². The molecule has 0 radical (unpaired) electrons. The number of sulfone groups is 1. The van der Waals surface area contributed by atoms with Crippen molar-refractivity contribution in [3.8, 4) is 0 Å². The van der Waals surface area contributed by atoms with Crippen LogP contribution in [0.25, 0.3) is 0 Å². The van der Waals surface area contributed by atoms with Crippen LogP contribution >= 0.6 is 0 Å². The Balaban J connectivity index is 1.94. The molecular weight excluding hydrogens is 372 g/mol. The minimum absolute atomic E-state index is 0.0126.